The summed E-state index contributed by atoms with van der Waals surface area (Å²) in [5.74, 6) is 9.06. The zero-order valence-corrected chi connectivity index (χ0v) is 9.67. The lowest BCUT2D eigenvalue weighted by molar-refractivity contribution is 0.277. The van der Waals surface area contributed by atoms with Crippen LogP contribution in [-0.4, -0.2) is 6.04 Å². The molecule has 1 unspecified atom stereocenters. The molecule has 3 N–H and O–H groups in total. The Kier molecular flexibility index (Phi) is 6.47. The van der Waals surface area contributed by atoms with Crippen LogP contribution in [-0.2, 0) is 0 Å². The fourth-order valence-electron chi connectivity index (χ4n) is 2.58. The van der Waals surface area contributed by atoms with Gasteiger partial charge in [0.2, 0.25) is 0 Å². The molecule has 2 heteroatoms. The van der Waals surface area contributed by atoms with Crippen LogP contribution in [0.1, 0.15) is 57.8 Å². The van der Waals surface area contributed by atoms with Gasteiger partial charge in [0, 0.05) is 12.5 Å². The van der Waals surface area contributed by atoms with Crippen LogP contribution in [0.5, 0.6) is 0 Å². The van der Waals surface area contributed by atoms with Crippen LogP contribution in [0.3, 0.4) is 0 Å². The van der Waals surface area contributed by atoms with E-state index in [1.54, 1.807) is 0 Å². The van der Waals surface area contributed by atoms with Gasteiger partial charge in [-0.15, -0.1) is 12.3 Å². The summed E-state index contributed by atoms with van der Waals surface area (Å²) in [6.45, 7) is 0. The third kappa shape index (κ3) is 4.68. The van der Waals surface area contributed by atoms with Gasteiger partial charge in [0.05, 0.1) is 0 Å². The summed E-state index contributed by atoms with van der Waals surface area (Å²) in [6.07, 6.45) is 16.7. The van der Waals surface area contributed by atoms with Gasteiger partial charge in [0.1, 0.15) is 0 Å². The van der Waals surface area contributed by atoms with Crippen molar-refractivity contribution in [3.05, 3.63) is 0 Å². The van der Waals surface area contributed by atoms with Crippen molar-refractivity contribution in [3.63, 3.8) is 0 Å². The van der Waals surface area contributed by atoms with Crippen molar-refractivity contribution in [2.45, 2.75) is 63.8 Å². The van der Waals surface area contributed by atoms with Gasteiger partial charge in [-0.05, 0) is 25.2 Å². The third-order valence-corrected chi connectivity index (χ3v) is 3.53. The number of terminal acetylenes is 1. The fourth-order valence-corrected chi connectivity index (χ4v) is 2.58. The zero-order valence-electron chi connectivity index (χ0n) is 9.67. The highest BCUT2D eigenvalue weighted by Crippen LogP contribution is 2.26. The van der Waals surface area contributed by atoms with Gasteiger partial charge in [0.15, 0.2) is 0 Å². The standard InChI is InChI=1S/C13H24N2/c1-2-3-11-13(15-14)12-9-7-5-4-6-8-10-12/h1,12-13,15H,3-11,14H2. The SMILES string of the molecule is C#CCCC(NN)C1CCCCCCC1. The minimum Gasteiger partial charge on any atom is -0.271 e. The summed E-state index contributed by atoms with van der Waals surface area (Å²) < 4.78 is 0. The maximum atomic E-state index is 5.62. The fraction of sp³-hybridized carbons (Fsp3) is 0.846. The molecule has 1 fully saturated rings. The molecule has 1 aliphatic carbocycles. The molecule has 0 saturated heterocycles. The summed E-state index contributed by atoms with van der Waals surface area (Å²) in [7, 11) is 0. The van der Waals surface area contributed by atoms with Gasteiger partial charge < -0.3 is 0 Å². The second kappa shape index (κ2) is 7.73. The Morgan fingerprint density at radius 1 is 1.20 bits per heavy atom. The topological polar surface area (TPSA) is 38.0 Å². The normalized spacial score (nSPS) is 21.3. The minimum absolute atomic E-state index is 0.430. The Morgan fingerprint density at radius 3 is 2.33 bits per heavy atom. The van der Waals surface area contributed by atoms with E-state index in [-0.39, 0.29) is 0 Å². The summed E-state index contributed by atoms with van der Waals surface area (Å²) in [5, 5.41) is 0. The first-order valence-electron chi connectivity index (χ1n) is 6.28. The zero-order chi connectivity index (χ0) is 10.9. The van der Waals surface area contributed by atoms with Gasteiger partial charge in [0.25, 0.3) is 0 Å². The van der Waals surface area contributed by atoms with Crippen molar-refractivity contribution >= 4 is 0 Å². The lowest BCUT2D eigenvalue weighted by Gasteiger charge is -2.27. The van der Waals surface area contributed by atoms with Crippen molar-refractivity contribution < 1.29 is 0 Å². The predicted molar refractivity (Wildman–Crippen MR) is 65.0 cm³/mol. The second-order valence-electron chi connectivity index (χ2n) is 4.62. The molecule has 0 aromatic rings. The van der Waals surface area contributed by atoms with Gasteiger partial charge in [-0.25, -0.2) is 0 Å². The molecule has 0 spiro atoms. The molecule has 0 heterocycles. The number of nitrogens with one attached hydrogen (secondary N) is 1. The van der Waals surface area contributed by atoms with Gasteiger partial charge in [-0.1, -0.05) is 32.1 Å². The average Bonchev–Trinajstić information content (AvgIpc) is 2.21. The summed E-state index contributed by atoms with van der Waals surface area (Å²) in [6, 6.07) is 0.430. The summed E-state index contributed by atoms with van der Waals surface area (Å²) >= 11 is 0. The Hall–Kier alpha value is -0.520. The smallest absolute Gasteiger partial charge is 0.0247 e. The molecule has 1 atom stereocenters. The molecule has 0 aromatic carbocycles. The first-order chi connectivity index (χ1) is 7.38. The highest BCUT2D eigenvalue weighted by molar-refractivity contribution is 4.87. The second-order valence-corrected chi connectivity index (χ2v) is 4.62. The average molecular weight is 208 g/mol. The number of nitrogens with two attached hydrogens (primary N) is 1. The number of hydrogen-bond donors (Lipinski definition) is 2. The highest BCUT2D eigenvalue weighted by Gasteiger charge is 2.20. The van der Waals surface area contributed by atoms with Crippen LogP contribution < -0.4 is 11.3 Å². The maximum Gasteiger partial charge on any atom is 0.0247 e. The van der Waals surface area contributed by atoms with Crippen molar-refractivity contribution in [2.24, 2.45) is 11.8 Å². The first kappa shape index (κ1) is 12.5. The molecule has 0 radical (unpaired) electrons. The minimum atomic E-state index is 0.430. The highest BCUT2D eigenvalue weighted by atomic mass is 15.2. The molecule has 0 aliphatic heterocycles. The quantitative estimate of drug-likeness (QED) is 0.423. The molecule has 15 heavy (non-hydrogen) atoms. The summed E-state index contributed by atoms with van der Waals surface area (Å²) in [5.41, 5.74) is 2.96. The van der Waals surface area contributed by atoms with Crippen LogP contribution in [0.25, 0.3) is 0 Å². The lowest BCUT2D eigenvalue weighted by Crippen LogP contribution is -2.41. The van der Waals surface area contributed by atoms with Gasteiger partial charge >= 0.3 is 0 Å². The van der Waals surface area contributed by atoms with Crippen LogP contribution in [0.4, 0.5) is 0 Å². The van der Waals surface area contributed by atoms with Crippen LogP contribution in [0.2, 0.25) is 0 Å². The van der Waals surface area contributed by atoms with E-state index in [4.69, 9.17) is 12.3 Å². The maximum absolute atomic E-state index is 5.62. The number of hydrazine groups is 1. The van der Waals surface area contributed by atoms with E-state index in [1.807, 2.05) is 0 Å². The monoisotopic (exact) mass is 208 g/mol. The molecule has 86 valence electrons. The Labute approximate surface area is 94.0 Å². The van der Waals surface area contributed by atoms with Gasteiger partial charge in [-0.2, -0.15) is 0 Å². The molecule has 2 nitrogen and oxygen atoms in total. The van der Waals surface area contributed by atoms with E-state index in [2.05, 4.69) is 11.3 Å². The number of rotatable bonds is 4. The molecule has 1 saturated carbocycles. The third-order valence-electron chi connectivity index (χ3n) is 3.53. The van der Waals surface area contributed by atoms with Crippen LogP contribution in [0.15, 0.2) is 0 Å². The van der Waals surface area contributed by atoms with Crippen molar-refractivity contribution in [1.82, 2.24) is 5.43 Å². The van der Waals surface area contributed by atoms with E-state index >= 15 is 0 Å². The van der Waals surface area contributed by atoms with Crippen molar-refractivity contribution in [3.8, 4) is 12.3 Å². The molecule has 1 rings (SSSR count). The first-order valence-corrected chi connectivity index (χ1v) is 6.28. The molecule has 0 amide bonds. The van der Waals surface area contributed by atoms with E-state index < -0.39 is 0 Å². The Morgan fingerprint density at radius 2 is 1.80 bits per heavy atom. The van der Waals surface area contributed by atoms with Crippen LogP contribution >= 0.6 is 0 Å². The van der Waals surface area contributed by atoms with Crippen molar-refractivity contribution in [2.75, 3.05) is 0 Å². The molecule has 0 aromatic heterocycles. The Bertz CT molecular complexity index is 187. The molecular formula is C13H24N2. The van der Waals surface area contributed by atoms with E-state index in [1.165, 1.54) is 44.9 Å². The van der Waals surface area contributed by atoms with Crippen molar-refractivity contribution in [1.29, 1.82) is 0 Å². The van der Waals surface area contributed by atoms with E-state index in [0.29, 0.717) is 6.04 Å². The lowest BCUT2D eigenvalue weighted by atomic mass is 9.84. The molecule has 1 aliphatic rings. The molecule has 0 bridgehead atoms. The van der Waals surface area contributed by atoms with E-state index in [0.717, 1.165) is 18.8 Å². The Balaban J connectivity index is 2.37. The molecular weight excluding hydrogens is 184 g/mol. The van der Waals surface area contributed by atoms with Crippen LogP contribution in [0, 0.1) is 18.3 Å². The largest absolute Gasteiger partial charge is 0.271 e. The summed E-state index contributed by atoms with van der Waals surface area (Å²) in [4.78, 5) is 0. The van der Waals surface area contributed by atoms with Gasteiger partial charge in [-0.3, -0.25) is 11.3 Å². The number of hydrogen-bond acceptors (Lipinski definition) is 2. The predicted octanol–water partition coefficient (Wildman–Crippen LogP) is 2.59. The van der Waals surface area contributed by atoms with E-state index in [9.17, 15) is 0 Å².